The van der Waals surface area contributed by atoms with Crippen LogP contribution in [0.4, 0.5) is 0 Å². The molecule has 1 aliphatic heterocycles. The van der Waals surface area contributed by atoms with E-state index >= 15 is 0 Å². The molecular weight excluding hydrogens is 328 g/mol. The molecule has 0 bridgehead atoms. The van der Waals surface area contributed by atoms with Gasteiger partial charge >= 0.3 is 0 Å². The molecule has 6 heteroatoms. The van der Waals surface area contributed by atoms with Crippen molar-refractivity contribution in [3.8, 4) is 11.5 Å². The highest BCUT2D eigenvalue weighted by Gasteiger charge is 2.13. The summed E-state index contributed by atoms with van der Waals surface area (Å²) in [6.45, 7) is 7.43. The summed E-state index contributed by atoms with van der Waals surface area (Å²) in [6.07, 6.45) is 1.81. The highest BCUT2D eigenvalue weighted by molar-refractivity contribution is 5.79. The lowest BCUT2D eigenvalue weighted by atomic mass is 10.2. The zero-order valence-corrected chi connectivity index (χ0v) is 15.7. The van der Waals surface area contributed by atoms with Crippen LogP contribution in [0, 0.1) is 6.92 Å². The molecular formula is C20H26N4O2. The molecule has 138 valence electrons. The van der Waals surface area contributed by atoms with Crippen LogP contribution in [0.2, 0.25) is 0 Å². The molecule has 3 rings (SSSR count). The normalized spacial score (nSPS) is 13.4. The van der Waals surface area contributed by atoms with E-state index in [1.807, 2.05) is 31.4 Å². The Balaban J connectivity index is 1.71. The lowest BCUT2D eigenvalue weighted by molar-refractivity contribution is 0.171. The fourth-order valence-corrected chi connectivity index (χ4v) is 2.84. The number of guanidine groups is 1. The minimum Gasteiger partial charge on any atom is -0.486 e. The predicted molar refractivity (Wildman–Crippen MR) is 103 cm³/mol. The number of fused-ring (bicyclic) bond motifs is 1. The van der Waals surface area contributed by atoms with E-state index in [4.69, 9.17) is 14.5 Å². The summed E-state index contributed by atoms with van der Waals surface area (Å²) < 4.78 is 11.3. The Labute approximate surface area is 154 Å². The van der Waals surface area contributed by atoms with Gasteiger partial charge in [0, 0.05) is 26.3 Å². The van der Waals surface area contributed by atoms with Gasteiger partial charge in [-0.15, -0.1) is 0 Å². The fourth-order valence-electron chi connectivity index (χ4n) is 2.84. The van der Waals surface area contributed by atoms with Gasteiger partial charge in [0.15, 0.2) is 17.5 Å². The van der Waals surface area contributed by atoms with E-state index in [0.29, 0.717) is 19.8 Å². The SMILES string of the molecule is CCNC(=NCc1ncccc1C)N(C)Cc1ccc2c(c1)OCCO2. The average Bonchev–Trinajstić information content (AvgIpc) is 2.66. The first-order valence-corrected chi connectivity index (χ1v) is 8.96. The molecule has 1 N–H and O–H groups in total. The van der Waals surface area contributed by atoms with Crippen molar-refractivity contribution >= 4 is 5.96 Å². The van der Waals surface area contributed by atoms with Crippen LogP contribution in [0.5, 0.6) is 11.5 Å². The zero-order chi connectivity index (χ0) is 18.4. The van der Waals surface area contributed by atoms with Gasteiger partial charge < -0.3 is 19.7 Å². The van der Waals surface area contributed by atoms with Gasteiger partial charge in [0.2, 0.25) is 0 Å². The van der Waals surface area contributed by atoms with Crippen molar-refractivity contribution in [3.63, 3.8) is 0 Å². The molecule has 2 heterocycles. The Kier molecular flexibility index (Phi) is 5.94. The molecule has 0 spiro atoms. The molecule has 0 radical (unpaired) electrons. The molecule has 0 saturated heterocycles. The maximum atomic E-state index is 5.67. The van der Waals surface area contributed by atoms with Crippen LogP contribution in [0.25, 0.3) is 0 Å². The van der Waals surface area contributed by atoms with Gasteiger partial charge in [-0.1, -0.05) is 12.1 Å². The number of aliphatic imine (C=N–C) groups is 1. The molecule has 6 nitrogen and oxygen atoms in total. The van der Waals surface area contributed by atoms with E-state index in [0.717, 1.165) is 47.4 Å². The number of hydrogen-bond donors (Lipinski definition) is 1. The van der Waals surface area contributed by atoms with Crippen molar-refractivity contribution in [2.24, 2.45) is 4.99 Å². The first-order valence-electron chi connectivity index (χ1n) is 8.96. The molecule has 0 atom stereocenters. The topological polar surface area (TPSA) is 59.0 Å². The summed E-state index contributed by atoms with van der Waals surface area (Å²) >= 11 is 0. The Bertz CT molecular complexity index is 776. The highest BCUT2D eigenvalue weighted by Crippen LogP contribution is 2.31. The van der Waals surface area contributed by atoms with E-state index in [-0.39, 0.29) is 0 Å². The second-order valence-corrected chi connectivity index (χ2v) is 6.27. The van der Waals surface area contributed by atoms with Gasteiger partial charge in [-0.3, -0.25) is 4.98 Å². The monoisotopic (exact) mass is 354 g/mol. The molecule has 0 fully saturated rings. The number of hydrogen-bond acceptors (Lipinski definition) is 4. The first kappa shape index (κ1) is 18.0. The molecule has 0 saturated carbocycles. The van der Waals surface area contributed by atoms with Crippen LogP contribution in [-0.2, 0) is 13.1 Å². The smallest absolute Gasteiger partial charge is 0.194 e. The predicted octanol–water partition coefficient (Wildman–Crippen LogP) is 2.76. The molecule has 1 aliphatic rings. The van der Waals surface area contributed by atoms with Crippen molar-refractivity contribution in [1.29, 1.82) is 0 Å². The van der Waals surface area contributed by atoms with Crippen LogP contribution < -0.4 is 14.8 Å². The molecule has 2 aromatic rings. The van der Waals surface area contributed by atoms with Gasteiger partial charge in [0.1, 0.15) is 13.2 Å². The van der Waals surface area contributed by atoms with Crippen LogP contribution in [0.1, 0.15) is 23.7 Å². The van der Waals surface area contributed by atoms with Crippen molar-refractivity contribution in [2.75, 3.05) is 26.8 Å². The van der Waals surface area contributed by atoms with Crippen molar-refractivity contribution in [1.82, 2.24) is 15.2 Å². The Hall–Kier alpha value is -2.76. The maximum absolute atomic E-state index is 5.67. The summed E-state index contributed by atoms with van der Waals surface area (Å²) in [4.78, 5) is 11.3. The first-order chi connectivity index (χ1) is 12.7. The third-order valence-electron chi connectivity index (χ3n) is 4.22. The number of aryl methyl sites for hydroxylation is 1. The number of benzene rings is 1. The number of pyridine rings is 1. The third-order valence-corrected chi connectivity index (χ3v) is 4.22. The minimum absolute atomic E-state index is 0.556. The van der Waals surface area contributed by atoms with Crippen LogP contribution in [0.3, 0.4) is 0 Å². The summed E-state index contributed by atoms with van der Waals surface area (Å²) in [5, 5.41) is 3.35. The third kappa shape index (κ3) is 4.45. The van der Waals surface area contributed by atoms with Gasteiger partial charge in [0.05, 0.1) is 12.2 Å². The van der Waals surface area contributed by atoms with Crippen LogP contribution in [-0.4, -0.2) is 42.6 Å². The van der Waals surface area contributed by atoms with E-state index in [1.165, 1.54) is 0 Å². The highest BCUT2D eigenvalue weighted by atomic mass is 16.6. The standard InChI is InChI=1S/C20H26N4O2/c1-4-21-20(23-13-17-15(2)6-5-9-22-17)24(3)14-16-7-8-18-19(12-16)26-11-10-25-18/h5-9,12H,4,10-11,13-14H2,1-3H3,(H,21,23). The number of ether oxygens (including phenoxy) is 2. The summed E-state index contributed by atoms with van der Waals surface area (Å²) in [6, 6.07) is 10.1. The lowest BCUT2D eigenvalue weighted by Gasteiger charge is -2.24. The summed E-state index contributed by atoms with van der Waals surface area (Å²) in [5.74, 6) is 2.48. The van der Waals surface area contributed by atoms with Gasteiger partial charge in [-0.25, -0.2) is 4.99 Å². The van der Waals surface area contributed by atoms with E-state index in [2.05, 4.69) is 41.2 Å². The summed E-state index contributed by atoms with van der Waals surface area (Å²) in [7, 11) is 2.03. The molecule has 1 aromatic carbocycles. The summed E-state index contributed by atoms with van der Waals surface area (Å²) in [5.41, 5.74) is 3.30. The van der Waals surface area contributed by atoms with Crippen LogP contribution >= 0.6 is 0 Å². The van der Waals surface area contributed by atoms with E-state index in [9.17, 15) is 0 Å². The Morgan fingerprint density at radius 2 is 2.04 bits per heavy atom. The van der Waals surface area contributed by atoms with E-state index < -0.39 is 0 Å². The van der Waals surface area contributed by atoms with Crippen LogP contribution in [0.15, 0.2) is 41.5 Å². The quantitative estimate of drug-likeness (QED) is 0.661. The maximum Gasteiger partial charge on any atom is 0.194 e. The number of nitrogens with zero attached hydrogens (tertiary/aromatic N) is 3. The molecule has 1 aromatic heterocycles. The zero-order valence-electron chi connectivity index (χ0n) is 15.7. The van der Waals surface area contributed by atoms with Crippen molar-refractivity contribution in [2.45, 2.75) is 26.9 Å². The fraction of sp³-hybridized carbons (Fsp3) is 0.400. The number of nitrogens with one attached hydrogen (secondary N) is 1. The van der Waals surface area contributed by atoms with Gasteiger partial charge in [-0.05, 0) is 43.2 Å². The second-order valence-electron chi connectivity index (χ2n) is 6.27. The van der Waals surface area contributed by atoms with Crippen molar-refractivity contribution < 1.29 is 9.47 Å². The molecule has 0 amide bonds. The average molecular weight is 354 g/mol. The molecule has 0 aliphatic carbocycles. The molecule has 0 unspecified atom stereocenters. The minimum atomic E-state index is 0.556. The van der Waals surface area contributed by atoms with Gasteiger partial charge in [0.25, 0.3) is 0 Å². The largest absolute Gasteiger partial charge is 0.486 e. The van der Waals surface area contributed by atoms with Crippen molar-refractivity contribution in [3.05, 3.63) is 53.3 Å². The number of aromatic nitrogens is 1. The Morgan fingerprint density at radius 3 is 2.81 bits per heavy atom. The Morgan fingerprint density at radius 1 is 1.23 bits per heavy atom. The lowest BCUT2D eigenvalue weighted by Crippen LogP contribution is -2.38. The second kappa shape index (κ2) is 8.56. The number of rotatable bonds is 5. The molecule has 26 heavy (non-hydrogen) atoms. The van der Waals surface area contributed by atoms with E-state index in [1.54, 1.807) is 0 Å². The van der Waals surface area contributed by atoms with Gasteiger partial charge in [-0.2, -0.15) is 0 Å².